The number of benzene rings is 3. The summed E-state index contributed by atoms with van der Waals surface area (Å²) in [6.45, 7) is 6.66. The van der Waals surface area contributed by atoms with Gasteiger partial charge in [-0.2, -0.15) is 0 Å². The number of carbonyl (C=O) groups excluding carboxylic acids is 2. The fourth-order valence-corrected chi connectivity index (χ4v) is 4.03. The molecule has 0 radical (unpaired) electrons. The lowest BCUT2D eigenvalue weighted by Crippen LogP contribution is -2.20. The van der Waals surface area contributed by atoms with Crippen molar-refractivity contribution in [3.8, 4) is 11.5 Å². The zero-order valence-corrected chi connectivity index (χ0v) is 21.7. The van der Waals surface area contributed by atoms with Crippen LogP contribution in [0.3, 0.4) is 0 Å². The first kappa shape index (κ1) is 27.0. The summed E-state index contributed by atoms with van der Waals surface area (Å²) in [4.78, 5) is 24.6. The van der Waals surface area contributed by atoms with Crippen LogP contribution in [-0.4, -0.2) is 31.6 Å². The Balaban J connectivity index is 1.63. The van der Waals surface area contributed by atoms with Crippen molar-refractivity contribution < 1.29 is 23.8 Å². The first-order chi connectivity index (χ1) is 17.4. The van der Waals surface area contributed by atoms with E-state index in [1.165, 1.54) is 7.11 Å². The van der Waals surface area contributed by atoms with E-state index in [0.717, 1.165) is 35.3 Å². The topological polar surface area (TPSA) is 61.8 Å². The average molecular weight is 489 g/mol. The van der Waals surface area contributed by atoms with Crippen molar-refractivity contribution in [3.63, 3.8) is 0 Å². The lowest BCUT2D eigenvalue weighted by atomic mass is 9.99. The number of ether oxygens (including phenoxy) is 3. The Morgan fingerprint density at radius 1 is 0.944 bits per heavy atom. The average Bonchev–Trinajstić information content (AvgIpc) is 2.91. The van der Waals surface area contributed by atoms with E-state index in [0.29, 0.717) is 42.7 Å². The summed E-state index contributed by atoms with van der Waals surface area (Å²) >= 11 is 0. The lowest BCUT2D eigenvalue weighted by Gasteiger charge is -2.20. The summed E-state index contributed by atoms with van der Waals surface area (Å²) in [5.41, 5.74) is 4.53. The molecule has 5 nitrogen and oxygen atoms in total. The zero-order valence-electron chi connectivity index (χ0n) is 21.7. The highest BCUT2D eigenvalue weighted by atomic mass is 16.5. The van der Waals surface area contributed by atoms with Crippen LogP contribution in [-0.2, 0) is 22.4 Å². The molecule has 0 N–H and O–H groups in total. The molecule has 0 fully saturated rings. The van der Waals surface area contributed by atoms with Gasteiger partial charge in [0.25, 0.3) is 0 Å². The third-order valence-electron chi connectivity index (χ3n) is 6.33. The van der Waals surface area contributed by atoms with Gasteiger partial charge in [-0.15, -0.1) is 0 Å². The van der Waals surface area contributed by atoms with E-state index in [4.69, 9.17) is 14.2 Å². The second kappa shape index (κ2) is 13.5. The lowest BCUT2D eigenvalue weighted by molar-refractivity contribution is -0.140. The van der Waals surface area contributed by atoms with E-state index >= 15 is 0 Å². The molecule has 0 heterocycles. The van der Waals surface area contributed by atoms with Gasteiger partial charge in [0.1, 0.15) is 17.6 Å². The summed E-state index contributed by atoms with van der Waals surface area (Å²) < 4.78 is 17.1. The van der Waals surface area contributed by atoms with Crippen LogP contribution in [0.1, 0.15) is 65.7 Å². The number of methoxy groups -OCH3 is 1. The second-order valence-corrected chi connectivity index (χ2v) is 8.83. The first-order valence-corrected chi connectivity index (χ1v) is 12.6. The van der Waals surface area contributed by atoms with Crippen molar-refractivity contribution in [2.24, 2.45) is 0 Å². The van der Waals surface area contributed by atoms with Crippen molar-refractivity contribution in [3.05, 3.63) is 94.5 Å². The largest absolute Gasteiger partial charge is 0.493 e. The van der Waals surface area contributed by atoms with Crippen molar-refractivity contribution in [1.82, 2.24) is 0 Å². The quantitative estimate of drug-likeness (QED) is 0.202. The molecular weight excluding hydrogens is 452 g/mol. The summed E-state index contributed by atoms with van der Waals surface area (Å²) in [5, 5.41) is 0. The highest BCUT2D eigenvalue weighted by Gasteiger charge is 2.18. The molecule has 0 aliphatic heterocycles. The van der Waals surface area contributed by atoms with Crippen molar-refractivity contribution in [2.75, 3.05) is 13.7 Å². The molecule has 3 aromatic carbocycles. The van der Waals surface area contributed by atoms with Gasteiger partial charge in [0.15, 0.2) is 5.78 Å². The van der Waals surface area contributed by atoms with Crippen LogP contribution in [0.2, 0.25) is 0 Å². The van der Waals surface area contributed by atoms with Crippen molar-refractivity contribution >= 4 is 11.8 Å². The minimum Gasteiger partial charge on any atom is -0.493 e. The SMILES string of the molecule is CCc1ccc(OC(CC)CCOc2ccc(CCC(=O)OC)c(C)c2)c(C(=O)c2ccccc2)c1. The predicted octanol–water partition coefficient (Wildman–Crippen LogP) is 6.52. The van der Waals surface area contributed by atoms with Gasteiger partial charge in [-0.1, -0.05) is 56.3 Å². The van der Waals surface area contributed by atoms with Gasteiger partial charge in [-0.25, -0.2) is 0 Å². The maximum Gasteiger partial charge on any atom is 0.305 e. The summed E-state index contributed by atoms with van der Waals surface area (Å²) in [7, 11) is 1.40. The van der Waals surface area contributed by atoms with Gasteiger partial charge in [0, 0.05) is 18.4 Å². The fourth-order valence-electron chi connectivity index (χ4n) is 4.03. The molecule has 0 aromatic heterocycles. The normalized spacial score (nSPS) is 11.6. The Kier molecular flexibility index (Phi) is 10.1. The van der Waals surface area contributed by atoms with E-state index in [-0.39, 0.29) is 17.9 Å². The molecule has 0 aliphatic rings. The molecule has 190 valence electrons. The third-order valence-corrected chi connectivity index (χ3v) is 6.33. The van der Waals surface area contributed by atoms with Crippen LogP contribution in [0.25, 0.3) is 0 Å². The fraction of sp³-hybridized carbons (Fsp3) is 0.355. The molecule has 0 bridgehead atoms. The zero-order chi connectivity index (χ0) is 25.9. The predicted molar refractivity (Wildman–Crippen MR) is 142 cm³/mol. The Morgan fingerprint density at radius 3 is 2.39 bits per heavy atom. The Bertz CT molecular complexity index is 1150. The molecule has 0 aliphatic carbocycles. The van der Waals surface area contributed by atoms with E-state index < -0.39 is 0 Å². The molecule has 5 heteroatoms. The van der Waals surface area contributed by atoms with E-state index in [1.54, 1.807) is 0 Å². The van der Waals surface area contributed by atoms with Crippen LogP contribution >= 0.6 is 0 Å². The Morgan fingerprint density at radius 2 is 1.72 bits per heavy atom. The second-order valence-electron chi connectivity index (χ2n) is 8.83. The van der Waals surface area contributed by atoms with Gasteiger partial charge < -0.3 is 14.2 Å². The van der Waals surface area contributed by atoms with E-state index in [9.17, 15) is 9.59 Å². The molecule has 1 unspecified atom stereocenters. The number of rotatable bonds is 13. The molecule has 0 saturated carbocycles. The molecule has 0 spiro atoms. The molecule has 1 atom stereocenters. The standard InChI is InChI=1S/C31H36O5/c1-5-23-12-16-29(28(21-23)31(33)25-10-8-7-9-11-25)36-26(6-2)18-19-35-27-15-13-24(22(3)20-27)14-17-30(32)34-4/h7-13,15-16,20-21,26H,5-6,14,17-19H2,1-4H3. The van der Waals surface area contributed by atoms with Crippen molar-refractivity contribution in [1.29, 1.82) is 0 Å². The Labute approximate surface area is 214 Å². The highest BCUT2D eigenvalue weighted by Crippen LogP contribution is 2.26. The monoisotopic (exact) mass is 488 g/mol. The molecule has 3 aromatic rings. The van der Waals surface area contributed by atoms with Crippen LogP contribution in [0.4, 0.5) is 0 Å². The Hall–Kier alpha value is -3.60. The third kappa shape index (κ3) is 7.45. The summed E-state index contributed by atoms with van der Waals surface area (Å²) in [6, 6.07) is 21.1. The van der Waals surface area contributed by atoms with Crippen LogP contribution < -0.4 is 9.47 Å². The minimum absolute atomic E-state index is 0.0326. The smallest absolute Gasteiger partial charge is 0.305 e. The minimum atomic E-state index is -0.210. The maximum atomic E-state index is 13.2. The van der Waals surface area contributed by atoms with Crippen molar-refractivity contribution in [2.45, 2.75) is 59.0 Å². The highest BCUT2D eigenvalue weighted by molar-refractivity contribution is 6.10. The number of carbonyl (C=O) groups is 2. The molecule has 0 saturated heterocycles. The van der Waals surface area contributed by atoms with Gasteiger partial charge in [0.05, 0.1) is 19.3 Å². The molecule has 36 heavy (non-hydrogen) atoms. The summed E-state index contributed by atoms with van der Waals surface area (Å²) in [5.74, 6) is 1.16. The molecular formula is C31H36O5. The van der Waals surface area contributed by atoms with Gasteiger partial charge in [-0.3, -0.25) is 9.59 Å². The van der Waals surface area contributed by atoms with Gasteiger partial charge in [-0.05, 0) is 67.1 Å². The van der Waals surface area contributed by atoms with E-state index in [2.05, 4.69) is 13.8 Å². The van der Waals surface area contributed by atoms with Gasteiger partial charge >= 0.3 is 5.97 Å². The van der Waals surface area contributed by atoms with Crippen LogP contribution in [0.5, 0.6) is 11.5 Å². The number of hydrogen-bond acceptors (Lipinski definition) is 5. The number of esters is 1. The maximum absolute atomic E-state index is 13.2. The van der Waals surface area contributed by atoms with E-state index in [1.807, 2.05) is 73.7 Å². The van der Waals surface area contributed by atoms with Crippen LogP contribution in [0, 0.1) is 6.92 Å². The number of ketones is 1. The summed E-state index contributed by atoms with van der Waals surface area (Å²) in [6.07, 6.45) is 3.26. The number of hydrogen-bond donors (Lipinski definition) is 0. The van der Waals surface area contributed by atoms with Gasteiger partial charge in [0.2, 0.25) is 0 Å². The first-order valence-electron chi connectivity index (χ1n) is 12.6. The molecule has 0 amide bonds. The van der Waals surface area contributed by atoms with Crippen LogP contribution in [0.15, 0.2) is 66.7 Å². The number of aryl methyl sites for hydroxylation is 3. The molecule has 3 rings (SSSR count).